The highest BCUT2D eigenvalue weighted by molar-refractivity contribution is 5.43. The van der Waals surface area contributed by atoms with Crippen LogP contribution in [0.4, 0.5) is 0 Å². The molecule has 2 rings (SSSR count). The lowest BCUT2D eigenvalue weighted by molar-refractivity contribution is 0.0771. The second-order valence-corrected chi connectivity index (χ2v) is 6.56. The molecular formula is C18H29NO3. The average molecular weight is 307 g/mol. The summed E-state index contributed by atoms with van der Waals surface area (Å²) in [5, 5.41) is 9.40. The van der Waals surface area contributed by atoms with Crippen molar-refractivity contribution in [3.05, 3.63) is 23.8 Å². The number of rotatable bonds is 6. The predicted octanol–water partition coefficient (Wildman–Crippen LogP) is 3.08. The smallest absolute Gasteiger partial charge is 0.161 e. The Balaban J connectivity index is 2.08. The van der Waals surface area contributed by atoms with Crippen LogP contribution in [0.3, 0.4) is 0 Å². The standard InChI is InChI=1S/C18H29NO3/c1-13(2)22-17-8-7-15(9-18(17)21-4)10-19-11-16(12-20)6-5-14(19)3/h7-9,13-14,16,20H,5-6,10-12H2,1-4H3. The number of aliphatic hydroxyl groups excluding tert-OH is 1. The minimum atomic E-state index is 0.132. The molecule has 0 aliphatic carbocycles. The Morgan fingerprint density at radius 2 is 2.05 bits per heavy atom. The van der Waals surface area contributed by atoms with Crippen molar-refractivity contribution >= 4 is 0 Å². The van der Waals surface area contributed by atoms with E-state index < -0.39 is 0 Å². The van der Waals surface area contributed by atoms with E-state index in [9.17, 15) is 5.11 Å². The Morgan fingerprint density at radius 3 is 2.68 bits per heavy atom. The predicted molar refractivity (Wildman–Crippen MR) is 88.4 cm³/mol. The van der Waals surface area contributed by atoms with E-state index in [2.05, 4.69) is 24.0 Å². The molecule has 1 aliphatic rings. The largest absolute Gasteiger partial charge is 0.493 e. The molecule has 1 aromatic carbocycles. The topological polar surface area (TPSA) is 41.9 Å². The summed E-state index contributed by atoms with van der Waals surface area (Å²) in [4.78, 5) is 2.45. The highest BCUT2D eigenvalue weighted by Crippen LogP contribution is 2.30. The molecular weight excluding hydrogens is 278 g/mol. The van der Waals surface area contributed by atoms with Gasteiger partial charge < -0.3 is 14.6 Å². The van der Waals surface area contributed by atoms with E-state index >= 15 is 0 Å². The van der Waals surface area contributed by atoms with Crippen LogP contribution >= 0.6 is 0 Å². The van der Waals surface area contributed by atoms with Crippen molar-refractivity contribution in [2.24, 2.45) is 5.92 Å². The summed E-state index contributed by atoms with van der Waals surface area (Å²) in [7, 11) is 1.68. The molecule has 1 aromatic rings. The van der Waals surface area contributed by atoms with Gasteiger partial charge in [0.1, 0.15) is 0 Å². The molecule has 4 nitrogen and oxygen atoms in total. The van der Waals surface area contributed by atoms with E-state index in [1.54, 1.807) is 7.11 Å². The third kappa shape index (κ3) is 4.37. The second-order valence-electron chi connectivity index (χ2n) is 6.56. The highest BCUT2D eigenvalue weighted by atomic mass is 16.5. The quantitative estimate of drug-likeness (QED) is 0.877. The second kappa shape index (κ2) is 7.84. The Labute approximate surface area is 134 Å². The zero-order chi connectivity index (χ0) is 16.1. The molecule has 22 heavy (non-hydrogen) atoms. The van der Waals surface area contributed by atoms with Gasteiger partial charge in [-0.05, 0) is 57.2 Å². The molecule has 1 saturated heterocycles. The maximum atomic E-state index is 9.40. The molecule has 2 atom stereocenters. The number of piperidine rings is 1. The normalized spacial score (nSPS) is 22.8. The molecule has 1 fully saturated rings. The number of methoxy groups -OCH3 is 1. The molecule has 0 bridgehead atoms. The molecule has 0 radical (unpaired) electrons. The first-order valence-electron chi connectivity index (χ1n) is 8.22. The van der Waals surface area contributed by atoms with Gasteiger partial charge in [0.25, 0.3) is 0 Å². The monoisotopic (exact) mass is 307 g/mol. The van der Waals surface area contributed by atoms with Crippen LogP contribution in [0.25, 0.3) is 0 Å². The van der Waals surface area contributed by atoms with Gasteiger partial charge in [-0.3, -0.25) is 4.90 Å². The molecule has 1 N–H and O–H groups in total. The zero-order valence-corrected chi connectivity index (χ0v) is 14.2. The van der Waals surface area contributed by atoms with Gasteiger partial charge in [0.2, 0.25) is 0 Å². The van der Waals surface area contributed by atoms with Gasteiger partial charge in [-0.1, -0.05) is 6.07 Å². The van der Waals surface area contributed by atoms with Crippen molar-refractivity contribution in [1.29, 1.82) is 0 Å². The van der Waals surface area contributed by atoms with Gasteiger partial charge in [-0.15, -0.1) is 0 Å². The minimum Gasteiger partial charge on any atom is -0.493 e. The van der Waals surface area contributed by atoms with E-state index in [0.717, 1.165) is 37.4 Å². The van der Waals surface area contributed by atoms with Gasteiger partial charge in [0.15, 0.2) is 11.5 Å². The number of hydrogen-bond acceptors (Lipinski definition) is 4. The number of hydrogen-bond donors (Lipinski definition) is 1. The van der Waals surface area contributed by atoms with Crippen LogP contribution in [0.15, 0.2) is 18.2 Å². The van der Waals surface area contributed by atoms with Crippen molar-refractivity contribution < 1.29 is 14.6 Å². The van der Waals surface area contributed by atoms with E-state index in [4.69, 9.17) is 9.47 Å². The summed E-state index contributed by atoms with van der Waals surface area (Å²) in [6, 6.07) is 6.72. The summed E-state index contributed by atoms with van der Waals surface area (Å²) in [5.41, 5.74) is 1.22. The first kappa shape index (κ1) is 17.1. The van der Waals surface area contributed by atoms with Crippen LogP contribution in [0.5, 0.6) is 11.5 Å². The maximum Gasteiger partial charge on any atom is 0.161 e. The Hall–Kier alpha value is -1.26. The fourth-order valence-corrected chi connectivity index (χ4v) is 3.03. The van der Waals surface area contributed by atoms with E-state index in [1.807, 2.05) is 19.9 Å². The van der Waals surface area contributed by atoms with Crippen molar-refractivity contribution in [1.82, 2.24) is 4.90 Å². The van der Waals surface area contributed by atoms with E-state index in [0.29, 0.717) is 12.0 Å². The molecule has 124 valence electrons. The number of benzene rings is 1. The van der Waals surface area contributed by atoms with Gasteiger partial charge in [-0.2, -0.15) is 0 Å². The summed E-state index contributed by atoms with van der Waals surface area (Å²) < 4.78 is 11.2. The van der Waals surface area contributed by atoms with Gasteiger partial charge >= 0.3 is 0 Å². The van der Waals surface area contributed by atoms with Crippen LogP contribution in [0.1, 0.15) is 39.2 Å². The Kier molecular flexibility index (Phi) is 6.09. The molecule has 1 aliphatic heterocycles. The van der Waals surface area contributed by atoms with Gasteiger partial charge in [0.05, 0.1) is 13.2 Å². The van der Waals surface area contributed by atoms with Crippen molar-refractivity contribution in [2.75, 3.05) is 20.3 Å². The minimum absolute atomic E-state index is 0.132. The average Bonchev–Trinajstić information content (AvgIpc) is 2.50. The molecule has 2 unspecified atom stereocenters. The number of ether oxygens (including phenoxy) is 2. The number of aliphatic hydroxyl groups is 1. The summed E-state index contributed by atoms with van der Waals surface area (Å²) in [5.74, 6) is 1.98. The summed E-state index contributed by atoms with van der Waals surface area (Å²) in [6.07, 6.45) is 2.41. The van der Waals surface area contributed by atoms with E-state index in [-0.39, 0.29) is 12.7 Å². The highest BCUT2D eigenvalue weighted by Gasteiger charge is 2.25. The third-order valence-corrected chi connectivity index (χ3v) is 4.34. The lowest BCUT2D eigenvalue weighted by Gasteiger charge is -2.37. The molecule has 1 heterocycles. The molecule has 0 saturated carbocycles. The maximum absolute atomic E-state index is 9.40. The first-order chi connectivity index (χ1) is 10.5. The fraction of sp³-hybridized carbons (Fsp3) is 0.667. The van der Waals surface area contributed by atoms with Crippen LogP contribution in [0.2, 0.25) is 0 Å². The third-order valence-electron chi connectivity index (χ3n) is 4.34. The summed E-state index contributed by atoms with van der Waals surface area (Å²) >= 11 is 0. The van der Waals surface area contributed by atoms with Crippen LogP contribution in [-0.2, 0) is 6.54 Å². The van der Waals surface area contributed by atoms with Crippen molar-refractivity contribution in [3.8, 4) is 11.5 Å². The molecule has 0 amide bonds. The molecule has 0 spiro atoms. The van der Waals surface area contributed by atoms with Crippen LogP contribution in [-0.4, -0.2) is 42.4 Å². The fourth-order valence-electron chi connectivity index (χ4n) is 3.03. The number of likely N-dealkylation sites (tertiary alicyclic amines) is 1. The van der Waals surface area contributed by atoms with Crippen molar-refractivity contribution in [2.45, 2.75) is 52.3 Å². The van der Waals surface area contributed by atoms with E-state index in [1.165, 1.54) is 5.56 Å². The lowest BCUT2D eigenvalue weighted by atomic mass is 9.93. The van der Waals surface area contributed by atoms with Gasteiger partial charge in [0, 0.05) is 25.7 Å². The SMILES string of the molecule is COc1cc(CN2CC(CO)CCC2C)ccc1OC(C)C. The molecule has 0 aromatic heterocycles. The Morgan fingerprint density at radius 1 is 1.27 bits per heavy atom. The first-order valence-corrected chi connectivity index (χ1v) is 8.22. The number of nitrogens with zero attached hydrogens (tertiary/aromatic N) is 1. The van der Waals surface area contributed by atoms with Crippen LogP contribution in [0, 0.1) is 5.92 Å². The van der Waals surface area contributed by atoms with Crippen molar-refractivity contribution in [3.63, 3.8) is 0 Å². The summed E-state index contributed by atoms with van der Waals surface area (Å²) in [6.45, 7) is 8.42. The van der Waals surface area contributed by atoms with Gasteiger partial charge in [-0.25, -0.2) is 0 Å². The Bertz CT molecular complexity index is 475. The zero-order valence-electron chi connectivity index (χ0n) is 14.2. The van der Waals surface area contributed by atoms with Crippen LogP contribution < -0.4 is 9.47 Å². The molecule has 4 heteroatoms. The lowest BCUT2D eigenvalue weighted by Crippen LogP contribution is -2.42.